The minimum atomic E-state index is -0.608. The van der Waals surface area contributed by atoms with Gasteiger partial charge >= 0.3 is 0 Å². The second-order valence-electron chi connectivity index (χ2n) is 9.02. The van der Waals surface area contributed by atoms with Crippen molar-refractivity contribution >= 4 is 28.6 Å². The molecule has 2 aromatic rings. The lowest BCUT2D eigenvalue weighted by atomic mass is 9.73. The Kier molecular flexibility index (Phi) is 3.05. The first-order valence-corrected chi connectivity index (χ1v) is 9.45. The zero-order valence-corrected chi connectivity index (χ0v) is 16.4. The molecule has 2 aliphatic heterocycles. The molecule has 1 saturated heterocycles. The monoisotopic (exact) mass is 377 g/mol. The van der Waals surface area contributed by atoms with Crippen LogP contribution in [0.15, 0.2) is 30.3 Å². The highest BCUT2D eigenvalue weighted by Gasteiger charge is 2.64. The molecule has 0 saturated carbocycles. The van der Waals surface area contributed by atoms with Gasteiger partial charge in [-0.05, 0) is 32.0 Å². The summed E-state index contributed by atoms with van der Waals surface area (Å²) in [5, 5.41) is 7.15. The van der Waals surface area contributed by atoms with Crippen LogP contribution < -0.4 is 16.4 Å². The van der Waals surface area contributed by atoms with Crippen LogP contribution in [0.4, 0.5) is 17.1 Å². The maximum Gasteiger partial charge on any atom is 0.198 e. The first-order valence-electron chi connectivity index (χ1n) is 9.45. The molecule has 6 heteroatoms. The molecule has 1 fully saturated rings. The fourth-order valence-corrected chi connectivity index (χ4v) is 5.00. The number of anilines is 3. The SMILES string of the molecule is CC1(C)COC(C)(C)C12Nc1ccc3c(c1N2)C(=O)c1c(N)cccc1C3=O. The molecule has 3 aliphatic rings. The highest BCUT2D eigenvalue weighted by Crippen LogP contribution is 2.55. The zero-order valence-electron chi connectivity index (χ0n) is 16.4. The summed E-state index contributed by atoms with van der Waals surface area (Å²) >= 11 is 0. The predicted molar refractivity (Wildman–Crippen MR) is 108 cm³/mol. The molecule has 2 aromatic carbocycles. The number of nitrogens with one attached hydrogen (secondary N) is 2. The molecule has 2 heterocycles. The van der Waals surface area contributed by atoms with E-state index in [1.54, 1.807) is 24.3 Å². The molecule has 0 bridgehead atoms. The van der Waals surface area contributed by atoms with Crippen LogP contribution in [-0.2, 0) is 4.74 Å². The van der Waals surface area contributed by atoms with Crippen LogP contribution in [0.25, 0.3) is 0 Å². The molecule has 1 atom stereocenters. The van der Waals surface area contributed by atoms with Gasteiger partial charge in [0.1, 0.15) is 11.3 Å². The number of benzene rings is 2. The molecule has 0 aromatic heterocycles. The Hall–Kier alpha value is -2.86. The fraction of sp³-hybridized carbons (Fsp3) is 0.364. The minimum absolute atomic E-state index is 0.177. The maximum absolute atomic E-state index is 13.4. The zero-order chi connectivity index (χ0) is 20.1. The number of hydrogen-bond acceptors (Lipinski definition) is 6. The maximum atomic E-state index is 13.4. The van der Waals surface area contributed by atoms with E-state index in [0.29, 0.717) is 34.7 Å². The van der Waals surface area contributed by atoms with E-state index in [-0.39, 0.29) is 22.5 Å². The molecule has 4 N–H and O–H groups in total. The van der Waals surface area contributed by atoms with Crippen LogP contribution in [0, 0.1) is 5.41 Å². The Morgan fingerprint density at radius 1 is 0.929 bits per heavy atom. The van der Waals surface area contributed by atoms with Crippen molar-refractivity contribution in [1.82, 2.24) is 0 Å². The molecule has 0 radical (unpaired) electrons. The molecular weight excluding hydrogens is 354 g/mol. The fourth-order valence-electron chi connectivity index (χ4n) is 5.00. The highest BCUT2D eigenvalue weighted by atomic mass is 16.5. The Morgan fingerprint density at radius 3 is 2.32 bits per heavy atom. The number of fused-ring (bicyclic) bond motifs is 4. The predicted octanol–water partition coefficient (Wildman–Crippen LogP) is 3.41. The average molecular weight is 377 g/mol. The van der Waals surface area contributed by atoms with Crippen LogP contribution in [-0.4, -0.2) is 29.4 Å². The lowest BCUT2D eigenvalue weighted by Crippen LogP contribution is -2.62. The minimum Gasteiger partial charge on any atom is -0.398 e. The van der Waals surface area contributed by atoms with E-state index in [4.69, 9.17) is 10.5 Å². The highest BCUT2D eigenvalue weighted by molar-refractivity contribution is 6.32. The van der Waals surface area contributed by atoms with Gasteiger partial charge < -0.3 is 21.1 Å². The second-order valence-corrected chi connectivity index (χ2v) is 9.02. The number of carbonyl (C=O) groups excluding carboxylic acids is 2. The van der Waals surface area contributed by atoms with Crippen LogP contribution in [0.5, 0.6) is 0 Å². The topological polar surface area (TPSA) is 93.4 Å². The Morgan fingerprint density at radius 2 is 1.64 bits per heavy atom. The van der Waals surface area contributed by atoms with E-state index in [9.17, 15) is 9.59 Å². The van der Waals surface area contributed by atoms with Crippen molar-refractivity contribution in [1.29, 1.82) is 0 Å². The van der Waals surface area contributed by atoms with Crippen molar-refractivity contribution in [3.05, 3.63) is 52.6 Å². The summed E-state index contributed by atoms with van der Waals surface area (Å²) < 4.78 is 6.10. The van der Waals surface area contributed by atoms with E-state index in [2.05, 4.69) is 24.5 Å². The van der Waals surface area contributed by atoms with Crippen molar-refractivity contribution < 1.29 is 14.3 Å². The molecule has 0 amide bonds. The van der Waals surface area contributed by atoms with Gasteiger partial charge in [0.15, 0.2) is 11.6 Å². The van der Waals surface area contributed by atoms with Gasteiger partial charge in [-0.3, -0.25) is 9.59 Å². The van der Waals surface area contributed by atoms with E-state index >= 15 is 0 Å². The number of nitrogens with two attached hydrogens (primary N) is 1. The molecule has 1 spiro atoms. The van der Waals surface area contributed by atoms with Crippen molar-refractivity contribution in [2.24, 2.45) is 5.41 Å². The molecule has 28 heavy (non-hydrogen) atoms. The van der Waals surface area contributed by atoms with Gasteiger partial charge in [-0.25, -0.2) is 0 Å². The van der Waals surface area contributed by atoms with E-state index in [1.807, 2.05) is 19.9 Å². The molecule has 144 valence electrons. The van der Waals surface area contributed by atoms with Crippen molar-refractivity contribution in [3.8, 4) is 0 Å². The van der Waals surface area contributed by atoms with Gasteiger partial charge in [0, 0.05) is 22.2 Å². The van der Waals surface area contributed by atoms with Crippen LogP contribution in [0.1, 0.15) is 59.5 Å². The average Bonchev–Trinajstić information content (AvgIpc) is 3.12. The third-order valence-electron chi connectivity index (χ3n) is 6.59. The van der Waals surface area contributed by atoms with Gasteiger partial charge in [0.25, 0.3) is 0 Å². The first-order chi connectivity index (χ1) is 13.1. The normalized spacial score (nSPS) is 25.7. The van der Waals surface area contributed by atoms with E-state index in [1.165, 1.54) is 0 Å². The van der Waals surface area contributed by atoms with Crippen molar-refractivity contribution in [2.75, 3.05) is 23.0 Å². The third-order valence-corrected chi connectivity index (χ3v) is 6.59. The van der Waals surface area contributed by atoms with Crippen LogP contribution in [0.2, 0.25) is 0 Å². The van der Waals surface area contributed by atoms with Gasteiger partial charge in [-0.2, -0.15) is 0 Å². The van der Waals surface area contributed by atoms with Gasteiger partial charge in [0.05, 0.1) is 29.1 Å². The van der Waals surface area contributed by atoms with E-state index in [0.717, 1.165) is 5.69 Å². The second kappa shape index (κ2) is 4.94. The number of carbonyl (C=O) groups is 2. The molecule has 1 aliphatic carbocycles. The summed E-state index contributed by atoms with van der Waals surface area (Å²) in [6, 6.07) is 8.61. The van der Waals surface area contributed by atoms with Crippen LogP contribution in [0.3, 0.4) is 0 Å². The first kappa shape index (κ1) is 17.3. The summed E-state index contributed by atoms with van der Waals surface area (Å²) in [6.45, 7) is 8.88. The summed E-state index contributed by atoms with van der Waals surface area (Å²) in [5.74, 6) is -0.399. The van der Waals surface area contributed by atoms with Crippen molar-refractivity contribution in [3.63, 3.8) is 0 Å². The Balaban J connectivity index is 1.73. The van der Waals surface area contributed by atoms with Crippen LogP contribution >= 0.6 is 0 Å². The lowest BCUT2D eigenvalue weighted by Gasteiger charge is -2.45. The van der Waals surface area contributed by atoms with Gasteiger partial charge in [-0.1, -0.05) is 26.0 Å². The van der Waals surface area contributed by atoms with Crippen molar-refractivity contribution in [2.45, 2.75) is 39.0 Å². The number of hydrogen-bond donors (Lipinski definition) is 3. The summed E-state index contributed by atoms with van der Waals surface area (Å²) in [5.41, 5.74) is 7.90. The van der Waals surface area contributed by atoms with Gasteiger partial charge in [0.2, 0.25) is 0 Å². The number of ketones is 2. The lowest BCUT2D eigenvalue weighted by molar-refractivity contribution is 0.0138. The number of ether oxygens (including phenoxy) is 1. The number of rotatable bonds is 0. The molecule has 1 unspecified atom stereocenters. The molecule has 5 rings (SSSR count). The smallest absolute Gasteiger partial charge is 0.198 e. The summed E-state index contributed by atoms with van der Waals surface area (Å²) in [7, 11) is 0. The third kappa shape index (κ3) is 1.81. The summed E-state index contributed by atoms with van der Waals surface area (Å²) in [6.07, 6.45) is 0. The van der Waals surface area contributed by atoms with E-state index < -0.39 is 11.3 Å². The Bertz CT molecular complexity index is 1070. The quantitative estimate of drug-likeness (QED) is 0.520. The number of nitrogen functional groups attached to an aromatic ring is 1. The largest absolute Gasteiger partial charge is 0.398 e. The standard InChI is InChI=1S/C22H23N3O3/c1-20(2)10-28-21(3,4)22(20)24-14-9-8-12-16(17(14)25-22)19(27)15-11(18(12)26)6-5-7-13(15)23/h5-9,24-25H,10,23H2,1-4H3. The molecular formula is C22H23N3O3. The Labute approximate surface area is 163 Å². The van der Waals surface area contributed by atoms with Gasteiger partial charge in [-0.15, -0.1) is 0 Å². The summed E-state index contributed by atoms with van der Waals surface area (Å²) in [4.78, 5) is 26.5. The molecule has 6 nitrogen and oxygen atoms in total.